The lowest BCUT2D eigenvalue weighted by molar-refractivity contribution is -0.123. The summed E-state index contributed by atoms with van der Waals surface area (Å²) < 4.78 is 4.95. The zero-order valence-corrected chi connectivity index (χ0v) is 12.1. The zero-order valence-electron chi connectivity index (χ0n) is 12.1. The van der Waals surface area contributed by atoms with Crippen LogP contribution in [-0.4, -0.2) is 48.8 Å². The molecule has 1 aliphatic heterocycles. The molecule has 1 fully saturated rings. The Morgan fingerprint density at radius 1 is 1.29 bits per heavy atom. The molecule has 0 aromatic heterocycles. The second-order valence-corrected chi connectivity index (χ2v) is 4.66. The molecule has 0 spiro atoms. The first-order chi connectivity index (χ1) is 10.1. The second kappa shape index (κ2) is 6.41. The molecule has 1 aliphatic rings. The number of rotatable bonds is 5. The molecule has 0 aliphatic carbocycles. The van der Waals surface area contributed by atoms with E-state index < -0.39 is 12.0 Å². The van der Waals surface area contributed by atoms with E-state index in [0.717, 1.165) is 16.2 Å². The molecule has 1 heterocycles. The van der Waals surface area contributed by atoms with E-state index in [-0.39, 0.29) is 12.4 Å². The molecule has 0 radical (unpaired) electrons. The third-order valence-electron chi connectivity index (χ3n) is 3.26. The molecule has 1 saturated heterocycles. The van der Waals surface area contributed by atoms with E-state index in [1.165, 1.54) is 0 Å². The van der Waals surface area contributed by atoms with Crippen molar-refractivity contribution in [2.75, 3.05) is 31.6 Å². The van der Waals surface area contributed by atoms with Gasteiger partial charge in [-0.3, -0.25) is 4.79 Å². The van der Waals surface area contributed by atoms with Gasteiger partial charge in [-0.2, -0.15) is 0 Å². The van der Waals surface area contributed by atoms with Crippen LogP contribution in [0.1, 0.15) is 12.5 Å². The van der Waals surface area contributed by atoms with Gasteiger partial charge in [0.25, 0.3) is 5.91 Å². The number of hydrogen-bond donors (Lipinski definition) is 1. The van der Waals surface area contributed by atoms with Gasteiger partial charge in [0.2, 0.25) is 0 Å². The standard InChI is InChI=1S/C15H18N2O4/c1-3-17-14(19)13(21-15(17)20)10-11-4-6-12(7-5-11)16(2)8-9-18/h4-7,10,18H,3,8-9H2,1-2H3/b13-10-. The maximum Gasteiger partial charge on any atom is 0.422 e. The molecular formula is C15H18N2O4. The Bertz CT molecular complexity index is 566. The summed E-state index contributed by atoms with van der Waals surface area (Å²) in [6, 6.07) is 7.40. The Balaban J connectivity index is 2.15. The number of anilines is 1. The fraction of sp³-hybridized carbons (Fsp3) is 0.333. The van der Waals surface area contributed by atoms with Gasteiger partial charge in [0.1, 0.15) is 0 Å². The predicted molar refractivity (Wildman–Crippen MR) is 78.6 cm³/mol. The highest BCUT2D eigenvalue weighted by Crippen LogP contribution is 2.21. The van der Waals surface area contributed by atoms with Crippen molar-refractivity contribution in [3.05, 3.63) is 35.6 Å². The van der Waals surface area contributed by atoms with Crippen LogP contribution >= 0.6 is 0 Å². The number of carbonyl (C=O) groups is 2. The highest BCUT2D eigenvalue weighted by Gasteiger charge is 2.34. The SMILES string of the molecule is CCN1C(=O)O/C(=C\c2ccc(N(C)CCO)cc2)C1=O. The molecule has 2 amide bonds. The molecule has 0 saturated carbocycles. The first kappa shape index (κ1) is 15.1. The molecule has 21 heavy (non-hydrogen) atoms. The Morgan fingerprint density at radius 2 is 1.95 bits per heavy atom. The molecule has 0 unspecified atom stereocenters. The minimum atomic E-state index is -0.631. The lowest BCUT2D eigenvalue weighted by atomic mass is 10.1. The fourth-order valence-corrected chi connectivity index (χ4v) is 2.03. The number of carbonyl (C=O) groups excluding carboxylic acids is 2. The summed E-state index contributed by atoms with van der Waals surface area (Å²) in [5, 5.41) is 8.90. The average molecular weight is 290 g/mol. The van der Waals surface area contributed by atoms with Crippen LogP contribution in [0.5, 0.6) is 0 Å². The van der Waals surface area contributed by atoms with Gasteiger partial charge < -0.3 is 14.7 Å². The quantitative estimate of drug-likeness (QED) is 0.831. The van der Waals surface area contributed by atoms with E-state index >= 15 is 0 Å². The van der Waals surface area contributed by atoms with E-state index in [1.54, 1.807) is 13.0 Å². The second-order valence-electron chi connectivity index (χ2n) is 4.66. The first-order valence-electron chi connectivity index (χ1n) is 6.74. The number of ether oxygens (including phenoxy) is 1. The van der Waals surface area contributed by atoms with Gasteiger partial charge in [0.05, 0.1) is 6.61 Å². The summed E-state index contributed by atoms with van der Waals surface area (Å²) in [6.07, 6.45) is 0.916. The molecular weight excluding hydrogens is 272 g/mol. The van der Waals surface area contributed by atoms with Gasteiger partial charge in [-0.05, 0) is 30.7 Å². The Hall–Kier alpha value is -2.34. The van der Waals surface area contributed by atoms with Crippen molar-refractivity contribution in [1.29, 1.82) is 0 Å². The van der Waals surface area contributed by atoms with Crippen molar-refractivity contribution in [3.8, 4) is 0 Å². The van der Waals surface area contributed by atoms with Crippen LogP contribution in [0.15, 0.2) is 30.0 Å². The topological polar surface area (TPSA) is 70.1 Å². The van der Waals surface area contributed by atoms with E-state index in [2.05, 4.69) is 0 Å². The number of benzene rings is 1. The normalized spacial score (nSPS) is 16.5. The number of nitrogens with zero attached hydrogens (tertiary/aromatic N) is 2. The lowest BCUT2D eigenvalue weighted by Gasteiger charge is -2.17. The zero-order chi connectivity index (χ0) is 15.4. The van der Waals surface area contributed by atoms with Crippen molar-refractivity contribution in [3.63, 3.8) is 0 Å². The van der Waals surface area contributed by atoms with Crippen LogP contribution in [0.4, 0.5) is 10.5 Å². The Labute approximate surface area is 123 Å². The first-order valence-corrected chi connectivity index (χ1v) is 6.74. The van der Waals surface area contributed by atoms with Crippen LogP contribution in [0.25, 0.3) is 6.08 Å². The highest BCUT2D eigenvalue weighted by atomic mass is 16.6. The largest absolute Gasteiger partial charge is 0.422 e. The summed E-state index contributed by atoms with van der Waals surface area (Å²) in [5.41, 5.74) is 1.72. The molecule has 112 valence electrons. The number of imide groups is 1. The van der Waals surface area contributed by atoms with Crippen molar-refractivity contribution in [1.82, 2.24) is 4.90 Å². The maximum atomic E-state index is 11.9. The van der Waals surface area contributed by atoms with Gasteiger partial charge >= 0.3 is 6.09 Å². The van der Waals surface area contributed by atoms with Gasteiger partial charge in [-0.1, -0.05) is 12.1 Å². The molecule has 6 nitrogen and oxygen atoms in total. The number of amides is 2. The van der Waals surface area contributed by atoms with Gasteiger partial charge in [0.15, 0.2) is 5.76 Å². The van der Waals surface area contributed by atoms with E-state index in [9.17, 15) is 9.59 Å². The molecule has 6 heteroatoms. The molecule has 1 aromatic carbocycles. The Kier molecular flexibility index (Phi) is 4.59. The molecule has 1 N–H and O–H groups in total. The number of likely N-dealkylation sites (N-methyl/N-ethyl adjacent to an activating group) is 2. The highest BCUT2D eigenvalue weighted by molar-refractivity contribution is 6.09. The fourth-order valence-electron chi connectivity index (χ4n) is 2.03. The summed E-state index contributed by atoms with van der Waals surface area (Å²) >= 11 is 0. The van der Waals surface area contributed by atoms with Crippen LogP contribution in [0.2, 0.25) is 0 Å². The minimum absolute atomic E-state index is 0.0401. The van der Waals surface area contributed by atoms with Gasteiger partial charge in [-0.25, -0.2) is 9.69 Å². The van der Waals surface area contributed by atoms with Gasteiger partial charge in [-0.15, -0.1) is 0 Å². The van der Waals surface area contributed by atoms with E-state index in [1.807, 2.05) is 36.2 Å². The minimum Gasteiger partial charge on any atom is -0.404 e. The van der Waals surface area contributed by atoms with E-state index in [4.69, 9.17) is 9.84 Å². The third kappa shape index (κ3) is 3.22. The summed E-state index contributed by atoms with van der Waals surface area (Å²) in [6.45, 7) is 2.63. The van der Waals surface area contributed by atoms with Crippen molar-refractivity contribution < 1.29 is 19.4 Å². The van der Waals surface area contributed by atoms with Crippen LogP contribution in [0.3, 0.4) is 0 Å². The average Bonchev–Trinajstić information content (AvgIpc) is 2.74. The monoisotopic (exact) mass is 290 g/mol. The van der Waals surface area contributed by atoms with Crippen molar-refractivity contribution >= 4 is 23.8 Å². The van der Waals surface area contributed by atoms with Gasteiger partial charge in [0, 0.05) is 25.8 Å². The van der Waals surface area contributed by atoms with Crippen LogP contribution < -0.4 is 4.90 Å². The molecule has 0 bridgehead atoms. The summed E-state index contributed by atoms with van der Waals surface area (Å²) in [5.74, 6) is -0.373. The molecule has 0 atom stereocenters. The summed E-state index contributed by atoms with van der Waals surface area (Å²) in [4.78, 5) is 26.3. The number of hydrogen-bond acceptors (Lipinski definition) is 5. The lowest BCUT2D eigenvalue weighted by Crippen LogP contribution is -2.28. The summed E-state index contributed by atoms with van der Waals surface area (Å²) in [7, 11) is 1.88. The number of cyclic esters (lactones) is 1. The van der Waals surface area contributed by atoms with Crippen molar-refractivity contribution in [2.45, 2.75) is 6.92 Å². The predicted octanol–water partition coefficient (Wildman–Crippen LogP) is 1.45. The maximum absolute atomic E-state index is 11.9. The molecule has 2 rings (SSSR count). The van der Waals surface area contributed by atoms with E-state index in [0.29, 0.717) is 13.1 Å². The van der Waals surface area contributed by atoms with Crippen LogP contribution in [-0.2, 0) is 9.53 Å². The van der Waals surface area contributed by atoms with Crippen LogP contribution in [0, 0.1) is 0 Å². The number of aliphatic hydroxyl groups is 1. The third-order valence-corrected chi connectivity index (χ3v) is 3.26. The van der Waals surface area contributed by atoms with Crippen molar-refractivity contribution in [2.24, 2.45) is 0 Å². The number of aliphatic hydroxyl groups excluding tert-OH is 1. The molecule has 1 aromatic rings. The Morgan fingerprint density at radius 3 is 2.48 bits per heavy atom. The smallest absolute Gasteiger partial charge is 0.404 e.